The van der Waals surface area contributed by atoms with Crippen molar-refractivity contribution in [3.05, 3.63) is 96.6 Å². The van der Waals surface area contributed by atoms with E-state index in [9.17, 15) is 9.36 Å². The zero-order valence-corrected chi connectivity index (χ0v) is 14.7. The predicted octanol–water partition coefficient (Wildman–Crippen LogP) is 3.84. The Morgan fingerprint density at radius 1 is 0.760 bits per heavy atom. The lowest BCUT2D eigenvalue weighted by Gasteiger charge is -2.26. The Morgan fingerprint density at radius 2 is 1.20 bits per heavy atom. The molecule has 3 aromatic carbocycles. The largest absolute Gasteiger partial charge is 0.303 e. The summed E-state index contributed by atoms with van der Waals surface area (Å²) in [6.07, 6.45) is 1.12. The van der Waals surface area contributed by atoms with Crippen LogP contribution >= 0.6 is 7.29 Å². The highest BCUT2D eigenvalue weighted by molar-refractivity contribution is 7.76. The van der Waals surface area contributed by atoms with Crippen molar-refractivity contribution < 1.29 is 9.36 Å². The van der Waals surface area contributed by atoms with Crippen molar-refractivity contribution in [1.29, 1.82) is 0 Å². The van der Waals surface area contributed by atoms with E-state index in [0.717, 1.165) is 22.5 Å². The zero-order chi connectivity index (χ0) is 17.5. The SMILES string of the molecule is O=CCC(NP(=O)(c1ccccc1)c1ccccc1)c1ccccc1. The van der Waals surface area contributed by atoms with Crippen molar-refractivity contribution in [2.24, 2.45) is 0 Å². The van der Waals surface area contributed by atoms with Crippen molar-refractivity contribution in [3.8, 4) is 0 Å². The minimum Gasteiger partial charge on any atom is -0.303 e. The lowest BCUT2D eigenvalue weighted by molar-refractivity contribution is -0.108. The van der Waals surface area contributed by atoms with E-state index in [1.54, 1.807) is 0 Å². The fourth-order valence-electron chi connectivity index (χ4n) is 2.84. The second-order valence-electron chi connectivity index (χ2n) is 5.78. The van der Waals surface area contributed by atoms with E-state index in [2.05, 4.69) is 5.09 Å². The fraction of sp³-hybridized carbons (Fsp3) is 0.0952. The number of rotatable bonds is 7. The van der Waals surface area contributed by atoms with Crippen molar-refractivity contribution in [2.45, 2.75) is 12.5 Å². The molecule has 25 heavy (non-hydrogen) atoms. The van der Waals surface area contributed by atoms with Crippen LogP contribution in [-0.2, 0) is 9.36 Å². The lowest BCUT2D eigenvalue weighted by Crippen LogP contribution is -2.30. The van der Waals surface area contributed by atoms with Crippen LogP contribution in [0.1, 0.15) is 18.0 Å². The number of carbonyl (C=O) groups is 1. The normalized spacial score (nSPS) is 12.5. The first kappa shape index (κ1) is 17.3. The molecule has 0 heterocycles. The standard InChI is InChI=1S/C21H20NO2P/c23-17-16-21(18-10-4-1-5-11-18)22-25(24,19-12-6-2-7-13-19)20-14-8-3-9-15-20/h1-15,17,21H,16H2,(H,22,24). The van der Waals surface area contributed by atoms with Crippen LogP contribution in [0.15, 0.2) is 91.0 Å². The van der Waals surface area contributed by atoms with Crippen LogP contribution in [0.2, 0.25) is 0 Å². The maximum absolute atomic E-state index is 14.0. The molecular formula is C21H20NO2P. The summed E-state index contributed by atoms with van der Waals surface area (Å²) in [6, 6.07) is 28.1. The molecule has 0 amide bonds. The average Bonchev–Trinajstić information content (AvgIpc) is 2.69. The summed E-state index contributed by atoms with van der Waals surface area (Å²) in [5, 5.41) is 4.76. The molecule has 4 heteroatoms. The Kier molecular flexibility index (Phi) is 5.60. The first-order chi connectivity index (χ1) is 12.2. The van der Waals surface area contributed by atoms with Crippen molar-refractivity contribution in [1.82, 2.24) is 5.09 Å². The third-order valence-corrected chi connectivity index (χ3v) is 6.84. The van der Waals surface area contributed by atoms with Gasteiger partial charge in [-0.15, -0.1) is 0 Å². The molecule has 0 aliphatic heterocycles. The Hall–Kier alpha value is -2.48. The molecule has 1 N–H and O–H groups in total. The molecule has 0 aromatic heterocycles. The van der Waals surface area contributed by atoms with Gasteiger partial charge in [0.1, 0.15) is 6.29 Å². The van der Waals surface area contributed by atoms with E-state index in [-0.39, 0.29) is 12.5 Å². The van der Waals surface area contributed by atoms with Gasteiger partial charge in [-0.3, -0.25) is 9.65 Å². The van der Waals surface area contributed by atoms with Gasteiger partial charge in [0.15, 0.2) is 0 Å². The number of aldehydes is 1. The molecule has 3 nitrogen and oxygen atoms in total. The van der Waals surface area contributed by atoms with Crippen LogP contribution < -0.4 is 15.7 Å². The topological polar surface area (TPSA) is 46.2 Å². The van der Waals surface area contributed by atoms with E-state index in [1.165, 1.54) is 0 Å². The van der Waals surface area contributed by atoms with Crippen LogP contribution in [0.25, 0.3) is 0 Å². The van der Waals surface area contributed by atoms with Crippen LogP contribution in [-0.4, -0.2) is 6.29 Å². The molecule has 0 fully saturated rings. The zero-order valence-electron chi connectivity index (χ0n) is 13.8. The number of benzene rings is 3. The van der Waals surface area contributed by atoms with E-state index in [4.69, 9.17) is 0 Å². The minimum atomic E-state index is -3.08. The van der Waals surface area contributed by atoms with Gasteiger partial charge in [0.2, 0.25) is 7.29 Å². The Balaban J connectivity index is 2.06. The van der Waals surface area contributed by atoms with Gasteiger partial charge in [0.25, 0.3) is 0 Å². The Labute approximate surface area is 148 Å². The van der Waals surface area contributed by atoms with Gasteiger partial charge in [-0.2, -0.15) is 0 Å². The second-order valence-corrected chi connectivity index (χ2v) is 8.28. The summed E-state index contributed by atoms with van der Waals surface area (Å²) in [4.78, 5) is 11.2. The first-order valence-electron chi connectivity index (χ1n) is 8.21. The predicted molar refractivity (Wildman–Crippen MR) is 103 cm³/mol. The van der Waals surface area contributed by atoms with Crippen LogP contribution in [0, 0.1) is 0 Å². The molecule has 0 aliphatic rings. The summed E-state index contributed by atoms with van der Waals surface area (Å²) in [5.74, 6) is 0. The van der Waals surface area contributed by atoms with Crippen molar-refractivity contribution >= 4 is 24.2 Å². The number of carbonyl (C=O) groups excluding carboxylic acids is 1. The Bertz CT molecular complexity index is 807. The summed E-state index contributed by atoms with van der Waals surface area (Å²) < 4.78 is 14.0. The molecule has 0 saturated heterocycles. The molecule has 0 bridgehead atoms. The number of hydrogen-bond donors (Lipinski definition) is 1. The van der Waals surface area contributed by atoms with Gasteiger partial charge in [-0.1, -0.05) is 66.7 Å². The maximum atomic E-state index is 14.0. The summed E-state index contributed by atoms with van der Waals surface area (Å²) in [5.41, 5.74) is 0.946. The van der Waals surface area contributed by atoms with Crippen LogP contribution in [0.3, 0.4) is 0 Å². The van der Waals surface area contributed by atoms with Gasteiger partial charge < -0.3 is 4.79 Å². The molecule has 3 aromatic rings. The second kappa shape index (κ2) is 8.06. The van der Waals surface area contributed by atoms with Gasteiger partial charge >= 0.3 is 0 Å². The summed E-state index contributed by atoms with van der Waals surface area (Å²) in [7, 11) is -3.08. The van der Waals surface area contributed by atoms with Gasteiger partial charge in [0, 0.05) is 23.1 Å². The molecule has 1 unspecified atom stereocenters. The summed E-state index contributed by atoms with van der Waals surface area (Å²) in [6.45, 7) is 0. The molecule has 0 radical (unpaired) electrons. The monoisotopic (exact) mass is 349 g/mol. The highest BCUT2D eigenvalue weighted by Gasteiger charge is 2.30. The fourth-order valence-corrected chi connectivity index (χ4v) is 5.31. The van der Waals surface area contributed by atoms with E-state index < -0.39 is 7.29 Å². The van der Waals surface area contributed by atoms with E-state index >= 15 is 0 Å². The summed E-state index contributed by atoms with van der Waals surface area (Å²) >= 11 is 0. The third-order valence-electron chi connectivity index (χ3n) is 4.11. The third kappa shape index (κ3) is 3.96. The molecular weight excluding hydrogens is 329 g/mol. The molecule has 0 aliphatic carbocycles. The van der Waals surface area contributed by atoms with Gasteiger partial charge in [-0.05, 0) is 29.8 Å². The quantitative estimate of drug-likeness (QED) is 0.521. The molecule has 0 spiro atoms. The highest BCUT2D eigenvalue weighted by atomic mass is 31.2. The van der Waals surface area contributed by atoms with Crippen molar-refractivity contribution in [2.75, 3.05) is 0 Å². The van der Waals surface area contributed by atoms with Crippen LogP contribution in [0.4, 0.5) is 0 Å². The molecule has 3 rings (SSSR count). The van der Waals surface area contributed by atoms with E-state index in [1.807, 2.05) is 91.0 Å². The maximum Gasteiger partial charge on any atom is 0.205 e. The first-order valence-corrected chi connectivity index (χ1v) is 9.92. The number of hydrogen-bond acceptors (Lipinski definition) is 2. The van der Waals surface area contributed by atoms with Crippen molar-refractivity contribution in [3.63, 3.8) is 0 Å². The number of nitrogens with one attached hydrogen (secondary N) is 1. The Morgan fingerprint density at radius 3 is 1.64 bits per heavy atom. The van der Waals surface area contributed by atoms with E-state index in [0.29, 0.717) is 0 Å². The lowest BCUT2D eigenvalue weighted by atomic mass is 10.1. The molecule has 126 valence electrons. The average molecular weight is 349 g/mol. The smallest absolute Gasteiger partial charge is 0.205 e. The highest BCUT2D eigenvalue weighted by Crippen LogP contribution is 2.42. The van der Waals surface area contributed by atoms with Gasteiger partial charge in [0.05, 0.1) is 0 Å². The van der Waals surface area contributed by atoms with Crippen LogP contribution in [0.5, 0.6) is 0 Å². The van der Waals surface area contributed by atoms with Gasteiger partial charge in [-0.25, -0.2) is 0 Å². The molecule has 0 saturated carbocycles. The molecule has 1 atom stereocenters. The minimum absolute atomic E-state index is 0.258.